The first-order chi connectivity index (χ1) is 6.06. The van der Waals surface area contributed by atoms with Gasteiger partial charge in [0.05, 0.1) is 0 Å². The van der Waals surface area contributed by atoms with Gasteiger partial charge in [0, 0.05) is 12.5 Å². The van der Waals surface area contributed by atoms with Gasteiger partial charge in [-0.15, -0.1) is 21.5 Å². The van der Waals surface area contributed by atoms with Gasteiger partial charge in [0.25, 0.3) is 11.7 Å². The van der Waals surface area contributed by atoms with Crippen molar-refractivity contribution in [1.82, 2.24) is 5.12 Å². The molecule has 3 atom stereocenters. The van der Waals surface area contributed by atoms with Crippen LogP contribution in [0.2, 0.25) is 0 Å². The zero-order chi connectivity index (χ0) is 9.64. The number of fused-ring (bicyclic) bond motifs is 1. The predicted molar refractivity (Wildman–Crippen MR) is 52.0 cm³/mol. The quantitative estimate of drug-likeness (QED) is 0.577. The molecule has 0 aromatic heterocycles. The maximum absolute atomic E-state index is 13.9. The van der Waals surface area contributed by atoms with E-state index in [0.29, 0.717) is 6.42 Å². The van der Waals surface area contributed by atoms with Crippen LogP contribution in [0, 0.1) is 11.8 Å². The summed E-state index contributed by atoms with van der Waals surface area (Å²) in [6.07, 6.45) is 2.22. The third-order valence-electron chi connectivity index (χ3n) is 3.24. The summed E-state index contributed by atoms with van der Waals surface area (Å²) < 4.78 is 27.0. The molecule has 1 aliphatic carbocycles. The Kier molecular flexibility index (Phi) is 3.16. The van der Waals surface area contributed by atoms with Crippen LogP contribution >= 0.6 is 17.0 Å². The summed E-state index contributed by atoms with van der Waals surface area (Å²) in [5.74, 6) is -4.30. The van der Waals surface area contributed by atoms with Crippen molar-refractivity contribution in [1.29, 1.82) is 0 Å². The van der Waals surface area contributed by atoms with Crippen LogP contribution in [0.4, 0.5) is 8.87 Å². The van der Waals surface area contributed by atoms with E-state index in [9.17, 15) is 13.7 Å². The standard InChI is InChI=1S/C8H12F2N2O.BrH/c9-8(7(11)13)6-3-1-2-5(6)4-12(8)10;/h5-6H,1-4H2,(H2,11,13);1H. The van der Waals surface area contributed by atoms with E-state index in [0.717, 1.165) is 12.8 Å². The SMILES string of the molecule is Br.NC(=O)C1(F)C2CCCC2CN1F. The Bertz CT molecular complexity index is 253. The Morgan fingerprint density at radius 3 is 2.71 bits per heavy atom. The molecule has 0 radical (unpaired) electrons. The van der Waals surface area contributed by atoms with Crippen molar-refractivity contribution in [2.45, 2.75) is 25.1 Å². The monoisotopic (exact) mass is 270 g/mol. The Labute approximate surface area is 91.3 Å². The second kappa shape index (κ2) is 3.73. The minimum absolute atomic E-state index is 0. The number of halogens is 3. The highest BCUT2D eigenvalue weighted by molar-refractivity contribution is 8.93. The van der Waals surface area contributed by atoms with E-state index in [1.54, 1.807) is 0 Å². The van der Waals surface area contributed by atoms with Gasteiger partial charge < -0.3 is 5.73 Å². The minimum atomic E-state index is -2.54. The first-order valence-electron chi connectivity index (χ1n) is 4.49. The lowest BCUT2D eigenvalue weighted by molar-refractivity contribution is -0.172. The average molecular weight is 271 g/mol. The van der Waals surface area contributed by atoms with Crippen LogP contribution in [0.3, 0.4) is 0 Å². The van der Waals surface area contributed by atoms with E-state index in [4.69, 9.17) is 5.73 Å². The van der Waals surface area contributed by atoms with E-state index >= 15 is 0 Å². The second-order valence-electron chi connectivity index (χ2n) is 3.88. The molecule has 2 aliphatic rings. The number of alkyl halides is 1. The molecule has 2 fully saturated rings. The first-order valence-corrected chi connectivity index (χ1v) is 4.49. The van der Waals surface area contributed by atoms with Gasteiger partial charge in [0.2, 0.25) is 0 Å². The van der Waals surface area contributed by atoms with Gasteiger partial charge >= 0.3 is 0 Å². The molecule has 0 bridgehead atoms. The Balaban J connectivity index is 0.000000980. The third kappa shape index (κ3) is 1.35. The van der Waals surface area contributed by atoms with Gasteiger partial charge in [-0.25, -0.2) is 4.39 Å². The van der Waals surface area contributed by atoms with Gasteiger partial charge in [-0.3, -0.25) is 4.79 Å². The fourth-order valence-corrected chi connectivity index (χ4v) is 2.58. The molecule has 1 aliphatic heterocycles. The van der Waals surface area contributed by atoms with Crippen molar-refractivity contribution in [3.05, 3.63) is 0 Å². The zero-order valence-electron chi connectivity index (χ0n) is 7.58. The van der Waals surface area contributed by atoms with Crippen molar-refractivity contribution in [3.8, 4) is 0 Å². The van der Waals surface area contributed by atoms with E-state index < -0.39 is 17.6 Å². The summed E-state index contributed by atoms with van der Waals surface area (Å²) in [5.41, 5.74) is 4.88. The summed E-state index contributed by atoms with van der Waals surface area (Å²) in [4.78, 5) is 10.8. The number of amides is 1. The molecule has 2 N–H and O–H groups in total. The summed E-state index contributed by atoms with van der Waals surface area (Å²) in [7, 11) is 0. The number of nitrogens with two attached hydrogens (primary N) is 1. The number of primary amides is 1. The highest BCUT2D eigenvalue weighted by atomic mass is 79.9. The number of carbonyl (C=O) groups excluding carboxylic acids is 1. The van der Waals surface area contributed by atoms with E-state index in [1.807, 2.05) is 0 Å². The molecule has 6 heteroatoms. The molecule has 0 aromatic carbocycles. The topological polar surface area (TPSA) is 46.3 Å². The van der Waals surface area contributed by atoms with Crippen LogP contribution in [-0.4, -0.2) is 23.4 Å². The highest BCUT2D eigenvalue weighted by Gasteiger charge is 2.61. The fraction of sp³-hybridized carbons (Fsp3) is 0.875. The normalized spacial score (nSPS) is 41.9. The van der Waals surface area contributed by atoms with Gasteiger partial charge in [0.15, 0.2) is 0 Å². The van der Waals surface area contributed by atoms with Crippen LogP contribution in [0.25, 0.3) is 0 Å². The van der Waals surface area contributed by atoms with Crippen LogP contribution in [0.1, 0.15) is 19.3 Å². The smallest absolute Gasteiger partial charge is 0.273 e. The van der Waals surface area contributed by atoms with Crippen molar-refractivity contribution >= 4 is 22.9 Å². The number of carbonyl (C=O) groups is 1. The molecule has 1 saturated carbocycles. The Morgan fingerprint density at radius 2 is 2.14 bits per heavy atom. The van der Waals surface area contributed by atoms with Crippen molar-refractivity contribution < 1.29 is 13.7 Å². The van der Waals surface area contributed by atoms with E-state index in [-0.39, 0.29) is 34.6 Å². The van der Waals surface area contributed by atoms with Crippen LogP contribution in [-0.2, 0) is 4.79 Å². The van der Waals surface area contributed by atoms with Crippen molar-refractivity contribution in [2.24, 2.45) is 17.6 Å². The lowest BCUT2D eigenvalue weighted by Gasteiger charge is -2.25. The lowest BCUT2D eigenvalue weighted by atomic mass is 9.92. The zero-order valence-corrected chi connectivity index (χ0v) is 9.29. The van der Waals surface area contributed by atoms with Crippen LogP contribution in [0.5, 0.6) is 0 Å². The molecule has 0 spiro atoms. The highest BCUT2D eigenvalue weighted by Crippen LogP contribution is 2.49. The van der Waals surface area contributed by atoms with Crippen molar-refractivity contribution in [3.63, 3.8) is 0 Å². The molecule has 1 heterocycles. The van der Waals surface area contributed by atoms with Crippen LogP contribution < -0.4 is 5.73 Å². The number of hydrogen-bond donors (Lipinski definition) is 1. The molecule has 2 rings (SSSR count). The molecule has 1 saturated heterocycles. The second-order valence-corrected chi connectivity index (χ2v) is 3.88. The largest absolute Gasteiger partial charge is 0.366 e. The molecular formula is C8H13BrF2N2O. The van der Waals surface area contributed by atoms with Gasteiger partial charge in [-0.05, 0) is 18.8 Å². The molecule has 14 heavy (non-hydrogen) atoms. The number of hydrogen-bond acceptors (Lipinski definition) is 2. The first kappa shape index (κ1) is 11.8. The summed E-state index contributed by atoms with van der Waals surface area (Å²) in [5, 5.41) is -0.0240. The summed E-state index contributed by atoms with van der Waals surface area (Å²) >= 11 is 0. The van der Waals surface area contributed by atoms with Crippen molar-refractivity contribution in [2.75, 3.05) is 6.54 Å². The maximum Gasteiger partial charge on any atom is 0.273 e. The number of rotatable bonds is 1. The molecule has 3 nitrogen and oxygen atoms in total. The Hall–Kier alpha value is -0.230. The molecule has 1 amide bonds. The summed E-state index contributed by atoms with van der Waals surface area (Å²) in [6.45, 7) is 0.00407. The maximum atomic E-state index is 13.9. The molecule has 3 unspecified atom stereocenters. The van der Waals surface area contributed by atoms with Gasteiger partial charge in [-0.1, -0.05) is 11.5 Å². The van der Waals surface area contributed by atoms with Gasteiger partial charge in [-0.2, -0.15) is 0 Å². The Morgan fingerprint density at radius 1 is 1.50 bits per heavy atom. The number of nitrogens with zero attached hydrogens (tertiary/aromatic N) is 1. The van der Waals surface area contributed by atoms with E-state index in [2.05, 4.69) is 0 Å². The summed E-state index contributed by atoms with van der Waals surface area (Å²) in [6, 6.07) is 0. The van der Waals surface area contributed by atoms with Gasteiger partial charge in [0.1, 0.15) is 0 Å². The van der Waals surface area contributed by atoms with Crippen LogP contribution in [0.15, 0.2) is 0 Å². The molecule has 82 valence electrons. The fourth-order valence-electron chi connectivity index (χ4n) is 2.58. The predicted octanol–water partition coefficient (Wildman–Crippen LogP) is 1.33. The van der Waals surface area contributed by atoms with E-state index in [1.165, 1.54) is 0 Å². The average Bonchev–Trinajstić information content (AvgIpc) is 2.57. The lowest BCUT2D eigenvalue weighted by Crippen LogP contribution is -2.50. The molecular weight excluding hydrogens is 258 g/mol. The minimum Gasteiger partial charge on any atom is -0.366 e. The third-order valence-corrected chi connectivity index (χ3v) is 3.24. The molecule has 0 aromatic rings.